The molecular formula is C24H21F7N4O3. The van der Waals surface area contributed by atoms with Gasteiger partial charge in [0, 0.05) is 38.8 Å². The Bertz CT molecular complexity index is 1280. The Morgan fingerprint density at radius 1 is 1.00 bits per heavy atom. The number of benzene rings is 2. The van der Waals surface area contributed by atoms with E-state index in [-0.39, 0.29) is 31.1 Å². The highest BCUT2D eigenvalue weighted by atomic mass is 19.4. The zero-order chi connectivity index (χ0) is 28.0. The number of rotatable bonds is 4. The van der Waals surface area contributed by atoms with Crippen molar-refractivity contribution in [3.63, 3.8) is 0 Å². The highest BCUT2D eigenvalue weighted by Gasteiger charge is 2.42. The summed E-state index contributed by atoms with van der Waals surface area (Å²) in [5, 5.41) is 9.54. The first-order valence-corrected chi connectivity index (χ1v) is 11.1. The minimum atomic E-state index is -5.08. The molecule has 0 spiro atoms. The predicted octanol–water partition coefficient (Wildman–Crippen LogP) is 5.72. The average molecular weight is 546 g/mol. The van der Waals surface area contributed by atoms with Crippen molar-refractivity contribution in [2.24, 2.45) is 0 Å². The highest BCUT2D eigenvalue weighted by molar-refractivity contribution is 5.92. The molecule has 2 amide bonds. The van der Waals surface area contributed by atoms with Crippen molar-refractivity contribution in [1.82, 2.24) is 9.88 Å². The molecule has 0 radical (unpaired) electrons. The lowest BCUT2D eigenvalue weighted by Crippen LogP contribution is -2.47. The Hall–Kier alpha value is -3.97. The number of oxazole rings is 1. The van der Waals surface area contributed by atoms with Crippen molar-refractivity contribution < 1.29 is 45.1 Å². The number of amides is 2. The molecule has 1 aromatic heterocycles. The van der Waals surface area contributed by atoms with Crippen LogP contribution in [0.2, 0.25) is 0 Å². The zero-order valence-electron chi connectivity index (χ0n) is 19.9. The summed E-state index contributed by atoms with van der Waals surface area (Å²) in [6, 6.07) is 4.86. The molecule has 38 heavy (non-hydrogen) atoms. The average Bonchev–Trinajstić information content (AvgIpc) is 3.48. The maximum absolute atomic E-state index is 13.5. The standard InChI is InChI=1S/C24H21F7N4O3/c1-33(17-8-14(23(26,27)28)7-15(9-17)24(29,30)31)22(37)34(2)19-11-35(21-32-20(36)12-38-21)10-18(19)13-3-5-16(25)6-4-13/h3-9,12,18-19,36H,10-11H2,1-2H3. The van der Waals surface area contributed by atoms with Gasteiger partial charge in [-0.1, -0.05) is 12.1 Å². The van der Waals surface area contributed by atoms with E-state index in [1.807, 2.05) is 0 Å². The molecule has 0 saturated carbocycles. The SMILES string of the molecule is CN(C(=O)N(C)C1CN(c2nc(O)co2)CC1c1ccc(F)cc1)c1cc(C(F)(F)F)cc(C(F)(F)F)c1. The van der Waals surface area contributed by atoms with Crippen LogP contribution in [0.3, 0.4) is 0 Å². The number of carbonyl (C=O) groups excluding carboxylic acids is 1. The summed E-state index contributed by atoms with van der Waals surface area (Å²) in [4.78, 5) is 20.7. The Morgan fingerprint density at radius 3 is 2.08 bits per heavy atom. The summed E-state index contributed by atoms with van der Waals surface area (Å²) in [5.41, 5.74) is -3.08. The fraction of sp³-hybridized carbons (Fsp3) is 0.333. The number of anilines is 2. The van der Waals surface area contributed by atoms with Gasteiger partial charge >= 0.3 is 24.4 Å². The first-order valence-electron chi connectivity index (χ1n) is 11.1. The Kier molecular flexibility index (Phi) is 6.93. The number of alkyl halides is 6. The fourth-order valence-electron chi connectivity index (χ4n) is 4.40. The third-order valence-corrected chi connectivity index (χ3v) is 6.38. The lowest BCUT2D eigenvalue weighted by atomic mass is 9.93. The second kappa shape index (κ2) is 9.72. The van der Waals surface area contributed by atoms with E-state index in [1.165, 1.54) is 36.2 Å². The molecule has 1 fully saturated rings. The van der Waals surface area contributed by atoms with Crippen LogP contribution in [0.15, 0.2) is 53.1 Å². The lowest BCUT2D eigenvalue weighted by Gasteiger charge is -2.33. The van der Waals surface area contributed by atoms with Gasteiger partial charge in [-0.15, -0.1) is 0 Å². The monoisotopic (exact) mass is 546 g/mol. The molecule has 1 aliphatic heterocycles. The number of hydrogen-bond donors (Lipinski definition) is 1. The number of halogens is 7. The van der Waals surface area contributed by atoms with Crippen molar-refractivity contribution in [3.8, 4) is 5.88 Å². The summed E-state index contributed by atoms with van der Waals surface area (Å²) < 4.78 is 98.8. The molecule has 2 heterocycles. The van der Waals surface area contributed by atoms with Gasteiger partial charge in [0.15, 0.2) is 6.26 Å². The van der Waals surface area contributed by atoms with Crippen molar-refractivity contribution >= 4 is 17.7 Å². The number of likely N-dealkylation sites (N-methyl/N-ethyl adjacent to an activating group) is 1. The van der Waals surface area contributed by atoms with Gasteiger partial charge in [0.05, 0.1) is 17.2 Å². The summed E-state index contributed by atoms with van der Waals surface area (Å²) in [5.74, 6) is -1.35. The lowest BCUT2D eigenvalue weighted by molar-refractivity contribution is -0.143. The van der Waals surface area contributed by atoms with Crippen molar-refractivity contribution in [2.45, 2.75) is 24.3 Å². The van der Waals surface area contributed by atoms with E-state index in [1.54, 1.807) is 4.90 Å². The molecule has 1 aliphatic rings. The number of hydrogen-bond acceptors (Lipinski definition) is 5. The van der Waals surface area contributed by atoms with Gasteiger partial charge in [0.25, 0.3) is 5.88 Å². The van der Waals surface area contributed by atoms with E-state index in [0.717, 1.165) is 13.3 Å². The van der Waals surface area contributed by atoms with Crippen molar-refractivity contribution in [2.75, 3.05) is 37.0 Å². The van der Waals surface area contributed by atoms with Crippen LogP contribution >= 0.6 is 0 Å². The first-order chi connectivity index (χ1) is 17.6. The van der Waals surface area contributed by atoms with Crippen LogP contribution in [0, 0.1) is 5.82 Å². The van der Waals surface area contributed by atoms with Crippen LogP contribution in [0.5, 0.6) is 5.88 Å². The molecular weight excluding hydrogens is 525 g/mol. The van der Waals surface area contributed by atoms with Gasteiger partial charge < -0.3 is 19.3 Å². The number of nitrogens with zero attached hydrogens (tertiary/aromatic N) is 4. The third kappa shape index (κ3) is 5.48. The summed E-state index contributed by atoms with van der Waals surface area (Å²) in [6.45, 7) is 0.299. The molecule has 2 unspecified atom stereocenters. The van der Waals surface area contributed by atoms with Gasteiger partial charge in [-0.2, -0.15) is 31.3 Å². The topological polar surface area (TPSA) is 73.1 Å². The van der Waals surface area contributed by atoms with E-state index >= 15 is 0 Å². The molecule has 3 aromatic rings. The number of aromatic nitrogens is 1. The normalized spacial score (nSPS) is 18.1. The van der Waals surface area contributed by atoms with Gasteiger partial charge in [-0.3, -0.25) is 4.90 Å². The van der Waals surface area contributed by atoms with E-state index in [0.29, 0.717) is 22.6 Å². The van der Waals surface area contributed by atoms with E-state index < -0.39 is 53.0 Å². The molecule has 0 aliphatic carbocycles. The van der Waals surface area contributed by atoms with Crippen LogP contribution in [-0.2, 0) is 12.4 Å². The van der Waals surface area contributed by atoms with Crippen LogP contribution in [0.4, 0.5) is 47.2 Å². The van der Waals surface area contributed by atoms with Crippen LogP contribution < -0.4 is 9.80 Å². The maximum atomic E-state index is 13.5. The van der Waals surface area contributed by atoms with Crippen molar-refractivity contribution in [3.05, 3.63) is 71.2 Å². The van der Waals surface area contributed by atoms with Crippen LogP contribution in [0.25, 0.3) is 0 Å². The predicted molar refractivity (Wildman–Crippen MR) is 121 cm³/mol. The van der Waals surface area contributed by atoms with E-state index in [2.05, 4.69) is 4.98 Å². The van der Waals surface area contributed by atoms with Gasteiger partial charge in [-0.25, -0.2) is 9.18 Å². The smallest absolute Gasteiger partial charge is 0.416 e. The van der Waals surface area contributed by atoms with Crippen molar-refractivity contribution in [1.29, 1.82) is 0 Å². The molecule has 14 heteroatoms. The van der Waals surface area contributed by atoms with E-state index in [9.17, 15) is 40.6 Å². The largest absolute Gasteiger partial charge is 0.491 e. The first kappa shape index (κ1) is 27.1. The number of urea groups is 1. The minimum Gasteiger partial charge on any atom is -0.491 e. The second-order valence-electron chi connectivity index (χ2n) is 8.84. The Morgan fingerprint density at radius 2 is 1.58 bits per heavy atom. The van der Waals surface area contributed by atoms with Gasteiger partial charge in [0.1, 0.15) is 5.82 Å². The van der Waals surface area contributed by atoms with Crippen LogP contribution in [0.1, 0.15) is 22.6 Å². The zero-order valence-corrected chi connectivity index (χ0v) is 19.9. The molecule has 7 nitrogen and oxygen atoms in total. The maximum Gasteiger partial charge on any atom is 0.416 e. The van der Waals surface area contributed by atoms with Gasteiger partial charge in [0.2, 0.25) is 0 Å². The second-order valence-corrected chi connectivity index (χ2v) is 8.84. The fourth-order valence-corrected chi connectivity index (χ4v) is 4.40. The Balaban J connectivity index is 1.67. The highest BCUT2D eigenvalue weighted by Crippen LogP contribution is 2.39. The number of carbonyl (C=O) groups is 1. The molecule has 0 bridgehead atoms. The molecule has 2 aromatic carbocycles. The molecule has 1 saturated heterocycles. The molecule has 4 rings (SSSR count). The molecule has 1 N–H and O–H groups in total. The number of aromatic hydroxyl groups is 1. The summed E-state index contributed by atoms with van der Waals surface area (Å²) in [7, 11) is 2.43. The quantitative estimate of drug-likeness (QED) is 0.424. The van der Waals surface area contributed by atoms with E-state index in [4.69, 9.17) is 4.42 Å². The third-order valence-electron chi connectivity index (χ3n) is 6.38. The van der Waals surface area contributed by atoms with Crippen LogP contribution in [-0.4, -0.2) is 54.2 Å². The molecule has 204 valence electrons. The molecule has 2 atom stereocenters. The minimum absolute atomic E-state index is 0.0171. The summed E-state index contributed by atoms with van der Waals surface area (Å²) in [6.07, 6.45) is -9.15. The van der Waals surface area contributed by atoms with Gasteiger partial charge in [-0.05, 0) is 35.9 Å². The summed E-state index contributed by atoms with van der Waals surface area (Å²) >= 11 is 0. The Labute approximate surface area is 211 Å².